The molecule has 0 aliphatic heterocycles. The fourth-order valence-corrected chi connectivity index (χ4v) is 2.07. The topological polar surface area (TPSA) is 105 Å². The molecule has 126 valence electrons. The van der Waals surface area contributed by atoms with Crippen LogP contribution in [-0.2, 0) is 20.8 Å². The Morgan fingerprint density at radius 3 is 2.17 bits per heavy atom. The van der Waals surface area contributed by atoms with Crippen LogP contribution in [0.4, 0.5) is 0 Å². The van der Waals surface area contributed by atoms with Crippen molar-refractivity contribution in [1.82, 2.24) is 10.6 Å². The predicted octanol–water partition coefficient (Wildman–Crippen LogP) is 0.722. The molecule has 1 rings (SSSR count). The van der Waals surface area contributed by atoms with Gasteiger partial charge in [-0.3, -0.25) is 9.59 Å². The third-order valence-corrected chi connectivity index (χ3v) is 3.32. The van der Waals surface area contributed by atoms with Crippen LogP contribution in [0.1, 0.15) is 25.8 Å². The number of methoxy groups -OCH3 is 1. The maximum absolute atomic E-state index is 12.1. The molecule has 0 spiro atoms. The van der Waals surface area contributed by atoms with Crippen molar-refractivity contribution in [1.29, 1.82) is 0 Å². The fourth-order valence-electron chi connectivity index (χ4n) is 2.07. The van der Waals surface area contributed by atoms with Crippen molar-refractivity contribution < 1.29 is 24.2 Å². The van der Waals surface area contributed by atoms with E-state index in [2.05, 4.69) is 10.6 Å². The molecular formula is C16H22N2O5. The molecule has 0 bridgehead atoms. The Morgan fingerprint density at radius 1 is 1.13 bits per heavy atom. The number of amides is 2. The molecule has 7 heteroatoms. The molecule has 1 aromatic carbocycles. The number of carboxylic acid groups (broad SMARTS) is 1. The van der Waals surface area contributed by atoms with Gasteiger partial charge in [-0.15, -0.1) is 0 Å². The molecule has 0 aliphatic carbocycles. The zero-order valence-electron chi connectivity index (χ0n) is 13.5. The third kappa shape index (κ3) is 5.98. The Kier molecular flexibility index (Phi) is 7.05. The molecule has 1 aromatic rings. The Hall–Kier alpha value is -2.57. The minimum atomic E-state index is -1.13. The third-order valence-electron chi connectivity index (χ3n) is 3.32. The molecule has 0 aromatic heterocycles. The number of hydrogen-bond acceptors (Lipinski definition) is 4. The fraction of sp³-hybridized carbons (Fsp3) is 0.438. The summed E-state index contributed by atoms with van der Waals surface area (Å²) in [5.41, 5.74) is 0.756. The first-order valence-corrected chi connectivity index (χ1v) is 7.30. The predicted molar refractivity (Wildman–Crippen MR) is 84.2 cm³/mol. The monoisotopic (exact) mass is 322 g/mol. The van der Waals surface area contributed by atoms with E-state index in [-0.39, 0.29) is 12.3 Å². The van der Waals surface area contributed by atoms with Crippen molar-refractivity contribution >= 4 is 17.8 Å². The van der Waals surface area contributed by atoms with Gasteiger partial charge in [0.25, 0.3) is 0 Å². The van der Waals surface area contributed by atoms with Crippen molar-refractivity contribution in [2.75, 3.05) is 7.11 Å². The Bertz CT molecular complexity index is 556. The normalized spacial score (nSPS) is 12.8. The number of carbonyl (C=O) groups excluding carboxylic acids is 2. The zero-order valence-corrected chi connectivity index (χ0v) is 13.5. The van der Waals surface area contributed by atoms with Gasteiger partial charge in [0, 0.05) is 13.3 Å². The van der Waals surface area contributed by atoms with E-state index in [1.165, 1.54) is 6.92 Å². The number of carbonyl (C=O) groups is 3. The first-order chi connectivity index (χ1) is 10.9. The smallest absolute Gasteiger partial charge is 0.326 e. The maximum atomic E-state index is 12.1. The van der Waals surface area contributed by atoms with Crippen LogP contribution in [0, 0.1) is 0 Å². The Morgan fingerprint density at radius 2 is 1.74 bits per heavy atom. The molecule has 0 saturated heterocycles. The first kappa shape index (κ1) is 18.5. The minimum absolute atomic E-state index is 0.140. The summed E-state index contributed by atoms with van der Waals surface area (Å²) in [7, 11) is 1.54. The minimum Gasteiger partial charge on any atom is -0.497 e. The van der Waals surface area contributed by atoms with Crippen molar-refractivity contribution in [3.8, 4) is 5.75 Å². The van der Waals surface area contributed by atoms with Crippen molar-refractivity contribution in [3.05, 3.63) is 29.8 Å². The lowest BCUT2D eigenvalue weighted by molar-refractivity contribution is -0.142. The zero-order chi connectivity index (χ0) is 17.4. The van der Waals surface area contributed by atoms with Crippen molar-refractivity contribution in [2.45, 2.75) is 38.8 Å². The number of nitrogens with one attached hydrogen (secondary N) is 2. The Balaban J connectivity index is 2.75. The summed E-state index contributed by atoms with van der Waals surface area (Å²) in [4.78, 5) is 34.5. The van der Waals surface area contributed by atoms with Crippen LogP contribution in [0.25, 0.3) is 0 Å². The van der Waals surface area contributed by atoms with E-state index in [0.29, 0.717) is 12.2 Å². The van der Waals surface area contributed by atoms with Crippen LogP contribution in [-0.4, -0.2) is 42.1 Å². The van der Waals surface area contributed by atoms with Crippen molar-refractivity contribution in [2.24, 2.45) is 0 Å². The van der Waals surface area contributed by atoms with Gasteiger partial charge in [-0.1, -0.05) is 19.1 Å². The highest BCUT2D eigenvalue weighted by Crippen LogP contribution is 2.13. The number of rotatable bonds is 8. The van der Waals surface area contributed by atoms with Crippen LogP contribution in [0.5, 0.6) is 5.75 Å². The van der Waals surface area contributed by atoms with Gasteiger partial charge in [-0.05, 0) is 24.1 Å². The van der Waals surface area contributed by atoms with Crippen molar-refractivity contribution in [3.63, 3.8) is 0 Å². The molecule has 0 heterocycles. The lowest BCUT2D eigenvalue weighted by atomic mass is 10.0. The molecule has 2 atom stereocenters. The largest absolute Gasteiger partial charge is 0.497 e. The molecule has 7 nitrogen and oxygen atoms in total. The number of ether oxygens (including phenoxy) is 1. The second-order valence-corrected chi connectivity index (χ2v) is 5.11. The second-order valence-electron chi connectivity index (χ2n) is 5.11. The Labute approximate surface area is 135 Å². The molecule has 0 saturated carbocycles. The van der Waals surface area contributed by atoms with Gasteiger partial charge < -0.3 is 20.5 Å². The summed E-state index contributed by atoms with van der Waals surface area (Å²) in [6.07, 6.45) is 0.516. The summed E-state index contributed by atoms with van der Waals surface area (Å²) in [6, 6.07) is 5.12. The second kappa shape index (κ2) is 8.77. The van der Waals surface area contributed by atoms with Gasteiger partial charge in [0.15, 0.2) is 0 Å². The number of hydrogen-bond donors (Lipinski definition) is 3. The molecule has 0 aliphatic rings. The molecule has 0 radical (unpaired) electrons. The van der Waals surface area contributed by atoms with Gasteiger partial charge in [-0.2, -0.15) is 0 Å². The molecule has 23 heavy (non-hydrogen) atoms. The average Bonchev–Trinajstić information content (AvgIpc) is 2.52. The van der Waals surface area contributed by atoms with Crippen LogP contribution in [0.15, 0.2) is 24.3 Å². The van der Waals surface area contributed by atoms with E-state index in [4.69, 9.17) is 4.74 Å². The van der Waals surface area contributed by atoms with E-state index in [1.807, 2.05) is 0 Å². The van der Waals surface area contributed by atoms with Gasteiger partial charge in [0.2, 0.25) is 11.8 Å². The number of carboxylic acids is 1. The van der Waals surface area contributed by atoms with E-state index in [0.717, 1.165) is 5.56 Å². The van der Waals surface area contributed by atoms with Gasteiger partial charge >= 0.3 is 5.97 Å². The number of benzene rings is 1. The van der Waals surface area contributed by atoms with Gasteiger partial charge in [-0.25, -0.2) is 4.79 Å². The number of aliphatic carboxylic acids is 1. The van der Waals surface area contributed by atoms with E-state index in [9.17, 15) is 19.5 Å². The highest BCUT2D eigenvalue weighted by Gasteiger charge is 2.25. The summed E-state index contributed by atoms with van der Waals surface area (Å²) >= 11 is 0. The molecular weight excluding hydrogens is 300 g/mol. The molecule has 0 fully saturated rings. The summed E-state index contributed by atoms with van der Waals surface area (Å²) in [5.74, 6) is -1.31. The van der Waals surface area contributed by atoms with Crippen LogP contribution < -0.4 is 15.4 Å². The lowest BCUT2D eigenvalue weighted by Gasteiger charge is -2.20. The highest BCUT2D eigenvalue weighted by atomic mass is 16.5. The summed E-state index contributed by atoms with van der Waals surface area (Å²) < 4.78 is 5.04. The van der Waals surface area contributed by atoms with Crippen LogP contribution >= 0.6 is 0 Å². The summed E-state index contributed by atoms with van der Waals surface area (Å²) in [5, 5.41) is 14.3. The summed E-state index contributed by atoms with van der Waals surface area (Å²) in [6.45, 7) is 3.04. The average molecular weight is 322 g/mol. The quantitative estimate of drug-likeness (QED) is 0.654. The van der Waals surface area contributed by atoms with Crippen LogP contribution in [0.3, 0.4) is 0 Å². The SMILES string of the molecule is CCC(NC(C)=O)C(=O)NC(Cc1ccc(OC)cc1)C(=O)O. The van der Waals surface area contributed by atoms with E-state index < -0.39 is 24.0 Å². The first-order valence-electron chi connectivity index (χ1n) is 7.30. The lowest BCUT2D eigenvalue weighted by Crippen LogP contribution is -2.51. The van der Waals surface area contributed by atoms with Crippen LogP contribution in [0.2, 0.25) is 0 Å². The van der Waals surface area contributed by atoms with Gasteiger partial charge in [0.05, 0.1) is 7.11 Å². The highest BCUT2D eigenvalue weighted by molar-refractivity contribution is 5.89. The molecule has 2 unspecified atom stereocenters. The maximum Gasteiger partial charge on any atom is 0.326 e. The molecule has 2 amide bonds. The van der Waals surface area contributed by atoms with E-state index in [1.54, 1.807) is 38.3 Å². The molecule has 3 N–H and O–H groups in total. The van der Waals surface area contributed by atoms with Gasteiger partial charge in [0.1, 0.15) is 17.8 Å². The standard InChI is InChI=1S/C16H22N2O5/c1-4-13(17-10(2)19)15(20)18-14(16(21)22)9-11-5-7-12(23-3)8-6-11/h5-8,13-14H,4,9H2,1-3H3,(H,17,19)(H,18,20)(H,21,22). The van der Waals surface area contributed by atoms with E-state index >= 15 is 0 Å².